The second-order valence-electron chi connectivity index (χ2n) is 3.64. The van der Waals surface area contributed by atoms with Crippen LogP contribution in [0.2, 0.25) is 0 Å². The fourth-order valence-corrected chi connectivity index (χ4v) is 2.20. The topological polar surface area (TPSA) is 0 Å². The molecular weight excluding hydrogens is 467 g/mol. The fourth-order valence-electron chi connectivity index (χ4n) is 1.33. The zero-order valence-electron chi connectivity index (χ0n) is 10.4. The standard InChI is InChI=1S/C8H5Br3.C8H7Cl/c9-7(8(10)11)6-4-2-1-3-5-6;9-7-6-8-4-2-1-3-5-8/h1-5H;1-7H. The lowest BCUT2D eigenvalue weighted by Gasteiger charge is -1.97. The Labute approximate surface area is 149 Å². The third-order valence-corrected chi connectivity index (χ3v) is 5.09. The first-order valence-electron chi connectivity index (χ1n) is 5.73. The third-order valence-electron chi connectivity index (χ3n) is 2.25. The van der Waals surface area contributed by atoms with E-state index in [1.165, 1.54) is 5.54 Å². The first kappa shape index (κ1) is 17.7. The summed E-state index contributed by atoms with van der Waals surface area (Å²) in [6.45, 7) is 0. The van der Waals surface area contributed by atoms with Crippen LogP contribution in [0.3, 0.4) is 0 Å². The number of hydrogen-bond donors (Lipinski definition) is 0. The fraction of sp³-hybridized carbons (Fsp3) is 0. The van der Waals surface area contributed by atoms with E-state index >= 15 is 0 Å². The zero-order chi connectivity index (χ0) is 14.8. The SMILES string of the molecule is BrC(Br)=C(Br)c1ccccc1.ClC=Cc1ccccc1. The average molecular weight is 479 g/mol. The van der Waals surface area contributed by atoms with Gasteiger partial charge in [0, 0.05) is 10.0 Å². The molecule has 2 aromatic carbocycles. The van der Waals surface area contributed by atoms with Gasteiger partial charge in [0.1, 0.15) is 0 Å². The molecule has 0 bridgehead atoms. The summed E-state index contributed by atoms with van der Waals surface area (Å²) in [6, 6.07) is 20.0. The highest BCUT2D eigenvalue weighted by Gasteiger charge is 1.98. The van der Waals surface area contributed by atoms with Crippen molar-refractivity contribution in [1.29, 1.82) is 0 Å². The quantitative estimate of drug-likeness (QED) is 0.421. The van der Waals surface area contributed by atoms with E-state index in [0.29, 0.717) is 0 Å². The van der Waals surface area contributed by atoms with E-state index in [0.717, 1.165) is 19.0 Å². The molecule has 0 aliphatic carbocycles. The maximum Gasteiger partial charge on any atom is 0.0752 e. The van der Waals surface area contributed by atoms with E-state index in [1.54, 1.807) is 0 Å². The Morgan fingerprint density at radius 2 is 1.30 bits per heavy atom. The molecule has 0 radical (unpaired) electrons. The van der Waals surface area contributed by atoms with Gasteiger partial charge in [-0.2, -0.15) is 0 Å². The third kappa shape index (κ3) is 6.89. The van der Waals surface area contributed by atoms with Crippen molar-refractivity contribution in [3.8, 4) is 0 Å². The highest BCUT2D eigenvalue weighted by molar-refractivity contribution is 9.29. The van der Waals surface area contributed by atoms with E-state index in [4.69, 9.17) is 11.6 Å². The first-order valence-corrected chi connectivity index (χ1v) is 8.54. The molecule has 0 heterocycles. The molecule has 0 aromatic heterocycles. The van der Waals surface area contributed by atoms with Gasteiger partial charge in [-0.05, 0) is 65.0 Å². The van der Waals surface area contributed by atoms with E-state index in [-0.39, 0.29) is 0 Å². The Bertz CT molecular complexity index is 559. The van der Waals surface area contributed by atoms with Crippen LogP contribution in [-0.4, -0.2) is 0 Å². The molecule has 2 rings (SSSR count). The van der Waals surface area contributed by atoms with Gasteiger partial charge in [-0.3, -0.25) is 0 Å². The maximum atomic E-state index is 5.36. The molecule has 0 aliphatic heterocycles. The van der Waals surface area contributed by atoms with Crippen LogP contribution in [-0.2, 0) is 0 Å². The van der Waals surface area contributed by atoms with E-state index in [1.807, 2.05) is 66.7 Å². The van der Waals surface area contributed by atoms with Crippen molar-refractivity contribution in [3.63, 3.8) is 0 Å². The van der Waals surface area contributed by atoms with Gasteiger partial charge in [0.2, 0.25) is 0 Å². The van der Waals surface area contributed by atoms with Gasteiger partial charge in [-0.1, -0.05) is 72.3 Å². The molecule has 104 valence electrons. The molecule has 0 fully saturated rings. The van der Waals surface area contributed by atoms with E-state index < -0.39 is 0 Å². The number of benzene rings is 2. The summed E-state index contributed by atoms with van der Waals surface area (Å²) >= 11 is 15.4. The minimum Gasteiger partial charge on any atom is -0.0929 e. The lowest BCUT2D eigenvalue weighted by Crippen LogP contribution is -1.73. The van der Waals surface area contributed by atoms with Crippen molar-refractivity contribution in [2.75, 3.05) is 0 Å². The summed E-state index contributed by atoms with van der Waals surface area (Å²) in [5.74, 6) is 0. The van der Waals surface area contributed by atoms with Crippen LogP contribution in [0.4, 0.5) is 0 Å². The lowest BCUT2D eigenvalue weighted by atomic mass is 10.2. The van der Waals surface area contributed by atoms with Gasteiger partial charge in [0.25, 0.3) is 0 Å². The monoisotopic (exact) mass is 476 g/mol. The minimum atomic E-state index is 0.927. The van der Waals surface area contributed by atoms with Crippen molar-refractivity contribution in [3.05, 3.63) is 80.7 Å². The molecule has 4 heteroatoms. The lowest BCUT2D eigenvalue weighted by molar-refractivity contribution is 1.66. The Hall–Kier alpha value is -0.350. The Morgan fingerprint density at radius 1 is 0.800 bits per heavy atom. The van der Waals surface area contributed by atoms with Crippen LogP contribution >= 0.6 is 59.4 Å². The maximum absolute atomic E-state index is 5.36. The molecule has 0 N–H and O–H groups in total. The van der Waals surface area contributed by atoms with Crippen molar-refractivity contribution in [2.45, 2.75) is 0 Å². The number of hydrogen-bond acceptors (Lipinski definition) is 0. The Morgan fingerprint density at radius 3 is 1.75 bits per heavy atom. The van der Waals surface area contributed by atoms with E-state index in [2.05, 4.69) is 47.8 Å². The molecule has 0 spiro atoms. The summed E-state index contributed by atoms with van der Waals surface area (Å²) in [4.78, 5) is 0. The van der Waals surface area contributed by atoms with Crippen LogP contribution < -0.4 is 0 Å². The van der Waals surface area contributed by atoms with Gasteiger partial charge in [0.15, 0.2) is 0 Å². The molecule has 0 nitrogen and oxygen atoms in total. The highest BCUT2D eigenvalue weighted by Crippen LogP contribution is 2.31. The summed E-state index contributed by atoms with van der Waals surface area (Å²) in [5, 5.41) is 0. The van der Waals surface area contributed by atoms with Crippen molar-refractivity contribution < 1.29 is 0 Å². The van der Waals surface area contributed by atoms with Crippen molar-refractivity contribution >= 4 is 69.9 Å². The van der Waals surface area contributed by atoms with Gasteiger partial charge in [-0.15, -0.1) is 0 Å². The van der Waals surface area contributed by atoms with Crippen molar-refractivity contribution in [1.82, 2.24) is 0 Å². The van der Waals surface area contributed by atoms with Gasteiger partial charge in [0.05, 0.1) is 3.39 Å². The summed E-state index contributed by atoms with van der Waals surface area (Å²) in [6.07, 6.45) is 1.85. The Kier molecular flexibility index (Phi) is 9.19. The van der Waals surface area contributed by atoms with Crippen LogP contribution in [0.1, 0.15) is 11.1 Å². The highest BCUT2D eigenvalue weighted by atomic mass is 79.9. The van der Waals surface area contributed by atoms with Crippen LogP contribution in [0, 0.1) is 0 Å². The molecule has 0 unspecified atom stereocenters. The molecule has 0 saturated heterocycles. The van der Waals surface area contributed by atoms with Gasteiger partial charge in [-0.25, -0.2) is 0 Å². The molecule has 2 aromatic rings. The second-order valence-corrected chi connectivity index (χ2v) is 7.34. The molecule has 0 saturated carbocycles. The van der Waals surface area contributed by atoms with Crippen LogP contribution in [0.5, 0.6) is 0 Å². The average Bonchev–Trinajstić information content (AvgIpc) is 2.49. The summed E-state index contributed by atoms with van der Waals surface area (Å²) < 4.78 is 1.95. The number of halogens is 4. The molecule has 0 amide bonds. The molecule has 0 aliphatic rings. The second kappa shape index (κ2) is 10.4. The Balaban J connectivity index is 0.000000204. The molecular formula is C16H12Br3Cl. The predicted molar refractivity (Wildman–Crippen MR) is 101 cm³/mol. The zero-order valence-corrected chi connectivity index (χ0v) is 16.0. The largest absolute Gasteiger partial charge is 0.0929 e. The van der Waals surface area contributed by atoms with Crippen molar-refractivity contribution in [2.24, 2.45) is 0 Å². The molecule has 0 atom stereocenters. The van der Waals surface area contributed by atoms with E-state index in [9.17, 15) is 0 Å². The number of rotatable bonds is 2. The van der Waals surface area contributed by atoms with Gasteiger partial charge < -0.3 is 0 Å². The normalized spacial score (nSPS) is 9.80. The predicted octanol–water partition coefficient (Wildman–Crippen LogP) is 7.39. The molecule has 20 heavy (non-hydrogen) atoms. The van der Waals surface area contributed by atoms with Crippen LogP contribution in [0.15, 0.2) is 69.6 Å². The summed E-state index contributed by atoms with van der Waals surface area (Å²) in [7, 11) is 0. The summed E-state index contributed by atoms with van der Waals surface area (Å²) in [5.41, 5.74) is 3.79. The van der Waals surface area contributed by atoms with Gasteiger partial charge >= 0.3 is 0 Å². The first-order chi connectivity index (χ1) is 9.65. The minimum absolute atomic E-state index is 0.927. The smallest absolute Gasteiger partial charge is 0.0752 e. The van der Waals surface area contributed by atoms with Crippen LogP contribution in [0.25, 0.3) is 10.6 Å².